The predicted molar refractivity (Wildman–Crippen MR) is 157 cm³/mol. The van der Waals surface area contributed by atoms with Crippen LogP contribution < -0.4 is 10.1 Å². The first kappa shape index (κ1) is 30.1. The van der Waals surface area contributed by atoms with E-state index in [0.29, 0.717) is 19.1 Å². The number of benzene rings is 3. The van der Waals surface area contributed by atoms with Crippen molar-refractivity contribution >= 4 is 17.4 Å². The van der Waals surface area contributed by atoms with E-state index in [-0.39, 0.29) is 11.7 Å². The number of morpholine rings is 1. The van der Waals surface area contributed by atoms with Crippen molar-refractivity contribution in [1.82, 2.24) is 4.90 Å². The van der Waals surface area contributed by atoms with Crippen molar-refractivity contribution in [2.45, 2.75) is 52.0 Å². The molecule has 0 aliphatic carbocycles. The minimum Gasteiger partial charge on any atom is -0.494 e. The Balaban J connectivity index is 0.000000272. The summed E-state index contributed by atoms with van der Waals surface area (Å²) < 4.78 is 10.8. The second-order valence-electron chi connectivity index (χ2n) is 9.75. The second kappa shape index (κ2) is 15.2. The topological polar surface area (TPSA) is 67.9 Å². The van der Waals surface area contributed by atoms with Crippen LogP contribution in [-0.4, -0.2) is 55.5 Å². The summed E-state index contributed by atoms with van der Waals surface area (Å²) in [7, 11) is 0. The molecule has 1 unspecified atom stereocenters. The number of ketones is 1. The SMILES string of the molecule is CCC(=O)C(CC(C)N1CCOCC1)(c1ccccc1)c1ccccc1.CCOc1ccc(NC(C)=O)cc1. The Labute approximate surface area is 233 Å². The van der Waals surface area contributed by atoms with Crippen LogP contribution in [0.4, 0.5) is 5.69 Å². The average molecular weight is 531 g/mol. The first-order valence-electron chi connectivity index (χ1n) is 13.9. The molecule has 0 radical (unpaired) electrons. The number of hydrogen-bond donors (Lipinski definition) is 1. The van der Waals surface area contributed by atoms with Gasteiger partial charge in [-0.3, -0.25) is 14.5 Å². The molecular weight excluding hydrogens is 488 g/mol. The lowest BCUT2D eigenvalue weighted by Crippen LogP contribution is -2.48. The molecule has 3 aromatic rings. The second-order valence-corrected chi connectivity index (χ2v) is 9.75. The molecule has 4 rings (SSSR count). The lowest BCUT2D eigenvalue weighted by Gasteiger charge is -2.40. The van der Waals surface area contributed by atoms with Gasteiger partial charge >= 0.3 is 0 Å². The van der Waals surface area contributed by atoms with E-state index >= 15 is 0 Å². The lowest BCUT2D eigenvalue weighted by atomic mass is 9.67. The lowest BCUT2D eigenvalue weighted by molar-refractivity contribution is -0.123. The maximum absolute atomic E-state index is 13.4. The molecule has 6 nitrogen and oxygen atoms in total. The molecular formula is C33H42N2O4. The normalized spacial score (nSPS) is 14.5. The van der Waals surface area contributed by atoms with E-state index in [1.165, 1.54) is 6.92 Å². The minimum absolute atomic E-state index is 0.0656. The Kier molecular flexibility index (Phi) is 11.7. The van der Waals surface area contributed by atoms with Crippen molar-refractivity contribution in [2.75, 3.05) is 38.2 Å². The van der Waals surface area contributed by atoms with Gasteiger partial charge in [-0.15, -0.1) is 0 Å². The standard InChI is InChI=1S/C23H29NO2.C10H13NO2/c1-3-22(25)23(20-10-6-4-7-11-20,21-12-8-5-9-13-21)18-19(2)24-14-16-26-17-15-24;1-3-13-10-6-4-9(5-7-10)11-8(2)12/h4-13,19H,3,14-18H2,1-2H3;4-7H,3H2,1-2H3,(H,11,12). The molecule has 0 saturated carbocycles. The molecule has 0 spiro atoms. The highest BCUT2D eigenvalue weighted by Crippen LogP contribution is 2.39. The summed E-state index contributed by atoms with van der Waals surface area (Å²) in [4.78, 5) is 26.5. The van der Waals surface area contributed by atoms with Gasteiger partial charge in [-0.1, -0.05) is 67.6 Å². The first-order chi connectivity index (χ1) is 18.9. The maximum Gasteiger partial charge on any atom is 0.221 e. The van der Waals surface area contributed by atoms with Gasteiger partial charge in [-0.25, -0.2) is 0 Å². The van der Waals surface area contributed by atoms with Crippen LogP contribution in [0.15, 0.2) is 84.9 Å². The number of Topliss-reactive ketones (excluding diaryl/α,β-unsaturated/α-hetero) is 1. The fourth-order valence-corrected chi connectivity index (χ4v) is 5.18. The van der Waals surface area contributed by atoms with Crippen LogP contribution in [0.5, 0.6) is 5.75 Å². The monoisotopic (exact) mass is 530 g/mol. The summed E-state index contributed by atoms with van der Waals surface area (Å²) in [6.07, 6.45) is 1.31. The van der Waals surface area contributed by atoms with E-state index in [9.17, 15) is 9.59 Å². The highest BCUT2D eigenvalue weighted by atomic mass is 16.5. The quantitative estimate of drug-likeness (QED) is 0.343. The van der Waals surface area contributed by atoms with Crippen LogP contribution >= 0.6 is 0 Å². The third kappa shape index (κ3) is 8.25. The molecule has 1 fully saturated rings. The largest absolute Gasteiger partial charge is 0.494 e. The maximum atomic E-state index is 13.4. The van der Waals surface area contributed by atoms with Crippen LogP contribution in [0.1, 0.15) is 51.7 Å². The van der Waals surface area contributed by atoms with Crippen molar-refractivity contribution in [3.8, 4) is 5.75 Å². The van der Waals surface area contributed by atoms with E-state index in [4.69, 9.17) is 9.47 Å². The summed E-state index contributed by atoms with van der Waals surface area (Å²) in [6.45, 7) is 11.7. The van der Waals surface area contributed by atoms with Crippen LogP contribution in [0.3, 0.4) is 0 Å². The molecule has 1 atom stereocenters. The Morgan fingerprint density at radius 3 is 1.90 bits per heavy atom. The van der Waals surface area contributed by atoms with Gasteiger partial charge in [0.15, 0.2) is 0 Å². The van der Waals surface area contributed by atoms with E-state index < -0.39 is 5.41 Å². The van der Waals surface area contributed by atoms with Crippen LogP contribution in [-0.2, 0) is 19.7 Å². The van der Waals surface area contributed by atoms with Crippen molar-refractivity contribution < 1.29 is 19.1 Å². The number of hydrogen-bond acceptors (Lipinski definition) is 5. The molecule has 1 amide bonds. The zero-order valence-corrected chi connectivity index (χ0v) is 23.7. The van der Waals surface area contributed by atoms with Crippen molar-refractivity contribution in [1.29, 1.82) is 0 Å². The number of nitrogens with one attached hydrogen (secondary N) is 1. The van der Waals surface area contributed by atoms with Crippen molar-refractivity contribution in [3.63, 3.8) is 0 Å². The summed E-state index contributed by atoms with van der Waals surface area (Å²) in [5.41, 5.74) is 2.38. The zero-order chi connectivity index (χ0) is 28.1. The predicted octanol–water partition coefficient (Wildman–Crippen LogP) is 6.11. The highest BCUT2D eigenvalue weighted by Gasteiger charge is 2.42. The van der Waals surface area contributed by atoms with Crippen LogP contribution in [0.2, 0.25) is 0 Å². The number of amides is 1. The van der Waals surface area contributed by atoms with E-state index in [1.807, 2.05) is 74.5 Å². The third-order valence-electron chi connectivity index (χ3n) is 7.09. The molecule has 1 aliphatic rings. The van der Waals surface area contributed by atoms with Gasteiger partial charge in [0.2, 0.25) is 5.91 Å². The Morgan fingerprint density at radius 1 is 0.897 bits per heavy atom. The molecule has 1 N–H and O–H groups in total. The summed E-state index contributed by atoms with van der Waals surface area (Å²) in [5, 5.41) is 2.68. The zero-order valence-electron chi connectivity index (χ0n) is 23.7. The molecule has 3 aromatic carbocycles. The fourth-order valence-electron chi connectivity index (χ4n) is 5.18. The number of nitrogens with zero attached hydrogens (tertiary/aromatic N) is 1. The number of carbonyl (C=O) groups is 2. The highest BCUT2D eigenvalue weighted by molar-refractivity contribution is 5.93. The van der Waals surface area contributed by atoms with Gasteiger partial charge in [-0.05, 0) is 55.7 Å². The number of rotatable bonds is 10. The van der Waals surface area contributed by atoms with Gasteiger partial charge in [0, 0.05) is 38.2 Å². The van der Waals surface area contributed by atoms with E-state index in [2.05, 4.69) is 41.4 Å². The molecule has 39 heavy (non-hydrogen) atoms. The molecule has 6 heteroatoms. The van der Waals surface area contributed by atoms with Gasteiger partial charge in [0.05, 0.1) is 25.2 Å². The van der Waals surface area contributed by atoms with E-state index in [1.54, 1.807) is 0 Å². The molecule has 1 aliphatic heterocycles. The van der Waals surface area contributed by atoms with Crippen LogP contribution in [0.25, 0.3) is 0 Å². The van der Waals surface area contributed by atoms with Gasteiger partial charge in [0.1, 0.15) is 11.5 Å². The summed E-state index contributed by atoms with van der Waals surface area (Å²) in [5.74, 6) is 1.04. The van der Waals surface area contributed by atoms with Crippen molar-refractivity contribution in [2.24, 2.45) is 0 Å². The van der Waals surface area contributed by atoms with Crippen molar-refractivity contribution in [3.05, 3.63) is 96.1 Å². The third-order valence-corrected chi connectivity index (χ3v) is 7.09. The smallest absolute Gasteiger partial charge is 0.221 e. The molecule has 1 heterocycles. The Bertz CT molecular complexity index is 1100. The molecule has 1 saturated heterocycles. The van der Waals surface area contributed by atoms with Gasteiger partial charge in [-0.2, -0.15) is 0 Å². The summed E-state index contributed by atoms with van der Waals surface area (Å²) >= 11 is 0. The number of anilines is 1. The van der Waals surface area contributed by atoms with Gasteiger partial charge < -0.3 is 14.8 Å². The Hall–Kier alpha value is -3.48. The first-order valence-corrected chi connectivity index (χ1v) is 13.9. The summed E-state index contributed by atoms with van der Waals surface area (Å²) in [6, 6.07) is 28.2. The minimum atomic E-state index is -0.602. The fraction of sp³-hybridized carbons (Fsp3) is 0.394. The van der Waals surface area contributed by atoms with Crippen LogP contribution in [0, 0.1) is 0 Å². The number of carbonyl (C=O) groups excluding carboxylic acids is 2. The molecule has 0 aromatic heterocycles. The number of ether oxygens (including phenoxy) is 2. The molecule has 208 valence electrons. The molecule has 0 bridgehead atoms. The van der Waals surface area contributed by atoms with E-state index in [0.717, 1.165) is 55.3 Å². The van der Waals surface area contributed by atoms with Gasteiger partial charge in [0.25, 0.3) is 0 Å². The Morgan fingerprint density at radius 2 is 1.44 bits per heavy atom. The average Bonchev–Trinajstić information content (AvgIpc) is 2.98.